The van der Waals surface area contributed by atoms with E-state index in [1.165, 1.54) is 6.42 Å². The van der Waals surface area contributed by atoms with Crippen LogP contribution in [0, 0.1) is 5.92 Å². The van der Waals surface area contributed by atoms with Gasteiger partial charge in [0.25, 0.3) is 5.91 Å². The van der Waals surface area contributed by atoms with Gasteiger partial charge in [-0.1, -0.05) is 23.2 Å². The number of nitrogens with one attached hydrogen (secondary N) is 1. The first-order valence-electron chi connectivity index (χ1n) is 7.00. The van der Waals surface area contributed by atoms with Crippen molar-refractivity contribution in [3.8, 4) is 0 Å². The van der Waals surface area contributed by atoms with Gasteiger partial charge in [0.2, 0.25) is 0 Å². The highest BCUT2D eigenvalue weighted by Crippen LogP contribution is 2.25. The van der Waals surface area contributed by atoms with Crippen LogP contribution < -0.4 is 5.32 Å². The predicted molar refractivity (Wildman–Crippen MR) is 90.9 cm³/mol. The third-order valence-corrected chi connectivity index (χ3v) is 4.41. The Labute approximate surface area is 142 Å². The Morgan fingerprint density at radius 2 is 2.00 bits per heavy atom. The lowest BCUT2D eigenvalue weighted by Crippen LogP contribution is -2.39. The molecule has 0 saturated carbocycles. The van der Waals surface area contributed by atoms with Crippen LogP contribution in [-0.2, 0) is 0 Å². The first-order chi connectivity index (χ1) is 9.61. The summed E-state index contributed by atoms with van der Waals surface area (Å²) in [6.45, 7) is 2.67. The van der Waals surface area contributed by atoms with E-state index in [0.29, 0.717) is 21.5 Å². The molecule has 1 N–H and O–H groups in total. The van der Waals surface area contributed by atoms with Crippen LogP contribution in [0.5, 0.6) is 0 Å². The molecule has 1 aliphatic heterocycles. The van der Waals surface area contributed by atoms with Crippen molar-refractivity contribution in [1.29, 1.82) is 0 Å². The maximum absolute atomic E-state index is 12.4. The summed E-state index contributed by atoms with van der Waals surface area (Å²) < 4.78 is 0. The van der Waals surface area contributed by atoms with E-state index in [-0.39, 0.29) is 18.3 Å². The number of nitrogens with zero attached hydrogens (tertiary/aromatic N) is 1. The third kappa shape index (κ3) is 5.03. The standard InChI is InChI=1S/C15H20Cl2N2O.ClH/c1-18-7-4-11-5-8-19(9-6-11)15(20)13-3-2-12(16)10-14(13)17;/h2-3,10-11,18H,4-9H2,1H3;1H. The van der Waals surface area contributed by atoms with Crippen LogP contribution >= 0.6 is 35.6 Å². The molecule has 6 heteroatoms. The van der Waals surface area contributed by atoms with E-state index in [1.807, 2.05) is 11.9 Å². The average molecular weight is 352 g/mol. The smallest absolute Gasteiger partial charge is 0.255 e. The van der Waals surface area contributed by atoms with Gasteiger partial charge in [-0.05, 0) is 57.0 Å². The lowest BCUT2D eigenvalue weighted by Gasteiger charge is -2.32. The van der Waals surface area contributed by atoms with Crippen molar-refractivity contribution in [3.05, 3.63) is 33.8 Å². The van der Waals surface area contributed by atoms with Gasteiger partial charge in [0.1, 0.15) is 0 Å². The Kier molecular flexibility index (Phi) is 7.82. The zero-order chi connectivity index (χ0) is 14.5. The molecule has 0 bridgehead atoms. The number of rotatable bonds is 4. The zero-order valence-corrected chi connectivity index (χ0v) is 14.4. The Morgan fingerprint density at radius 3 is 2.57 bits per heavy atom. The van der Waals surface area contributed by atoms with E-state index in [0.717, 1.165) is 32.5 Å². The molecule has 1 aliphatic rings. The molecule has 1 fully saturated rings. The molecule has 21 heavy (non-hydrogen) atoms. The Bertz CT molecular complexity index is 474. The molecule has 118 valence electrons. The zero-order valence-electron chi connectivity index (χ0n) is 12.1. The topological polar surface area (TPSA) is 32.3 Å². The average Bonchev–Trinajstić information content (AvgIpc) is 2.45. The van der Waals surface area contributed by atoms with Crippen molar-refractivity contribution in [2.75, 3.05) is 26.7 Å². The fourth-order valence-corrected chi connectivity index (χ4v) is 3.10. The van der Waals surface area contributed by atoms with E-state index in [1.54, 1.807) is 18.2 Å². The first kappa shape index (κ1) is 18.6. The summed E-state index contributed by atoms with van der Waals surface area (Å²) in [4.78, 5) is 14.3. The van der Waals surface area contributed by atoms with Crippen LogP contribution in [0.15, 0.2) is 18.2 Å². The highest BCUT2D eigenvalue weighted by atomic mass is 35.5. The summed E-state index contributed by atoms with van der Waals surface area (Å²) in [7, 11) is 1.97. The van der Waals surface area contributed by atoms with Crippen molar-refractivity contribution >= 4 is 41.5 Å². The van der Waals surface area contributed by atoms with Gasteiger partial charge in [-0.3, -0.25) is 4.79 Å². The molecule has 1 aromatic carbocycles. The molecular formula is C15H21Cl3N2O. The molecule has 1 saturated heterocycles. The number of amides is 1. The van der Waals surface area contributed by atoms with Crippen molar-refractivity contribution in [3.63, 3.8) is 0 Å². The summed E-state index contributed by atoms with van der Waals surface area (Å²) in [5, 5.41) is 4.16. The van der Waals surface area contributed by atoms with Crippen LogP contribution in [-0.4, -0.2) is 37.5 Å². The molecule has 3 nitrogen and oxygen atoms in total. The number of carbonyl (C=O) groups excluding carboxylic acids is 1. The van der Waals surface area contributed by atoms with E-state index in [9.17, 15) is 4.79 Å². The van der Waals surface area contributed by atoms with E-state index < -0.39 is 0 Å². The maximum Gasteiger partial charge on any atom is 0.255 e. The fraction of sp³-hybridized carbons (Fsp3) is 0.533. The summed E-state index contributed by atoms with van der Waals surface area (Å²) in [5.41, 5.74) is 0.546. The minimum Gasteiger partial charge on any atom is -0.339 e. The first-order valence-corrected chi connectivity index (χ1v) is 7.76. The SMILES string of the molecule is CNCCC1CCN(C(=O)c2ccc(Cl)cc2Cl)CC1.Cl. The Hall–Kier alpha value is -0.480. The van der Waals surface area contributed by atoms with E-state index in [2.05, 4.69) is 5.32 Å². The van der Waals surface area contributed by atoms with Crippen LogP contribution in [0.25, 0.3) is 0 Å². The van der Waals surface area contributed by atoms with Crippen LogP contribution in [0.3, 0.4) is 0 Å². The number of hydrogen-bond acceptors (Lipinski definition) is 2. The van der Waals surface area contributed by atoms with E-state index in [4.69, 9.17) is 23.2 Å². The second kappa shape index (κ2) is 8.84. The van der Waals surface area contributed by atoms with Crippen molar-refractivity contribution in [1.82, 2.24) is 10.2 Å². The molecule has 0 atom stereocenters. The van der Waals surface area contributed by atoms with Gasteiger partial charge >= 0.3 is 0 Å². The lowest BCUT2D eigenvalue weighted by molar-refractivity contribution is 0.0687. The number of piperidine rings is 1. The van der Waals surface area contributed by atoms with Gasteiger partial charge < -0.3 is 10.2 Å². The summed E-state index contributed by atoms with van der Waals surface area (Å²) in [6.07, 6.45) is 3.32. The molecule has 0 aliphatic carbocycles. The van der Waals surface area contributed by atoms with Gasteiger partial charge in [-0.2, -0.15) is 0 Å². The van der Waals surface area contributed by atoms with Gasteiger partial charge in [0, 0.05) is 18.1 Å². The number of halogens is 3. The molecule has 0 spiro atoms. The molecule has 1 aromatic rings. The monoisotopic (exact) mass is 350 g/mol. The molecular weight excluding hydrogens is 331 g/mol. The van der Waals surface area contributed by atoms with Crippen LogP contribution in [0.4, 0.5) is 0 Å². The largest absolute Gasteiger partial charge is 0.339 e. The predicted octanol–water partition coefficient (Wildman–Crippen LogP) is 3.88. The van der Waals surface area contributed by atoms with Crippen molar-refractivity contribution in [2.45, 2.75) is 19.3 Å². The third-order valence-electron chi connectivity index (χ3n) is 3.87. The Morgan fingerprint density at radius 1 is 1.33 bits per heavy atom. The minimum atomic E-state index is 0. The Balaban J connectivity index is 0.00000220. The van der Waals surface area contributed by atoms with Gasteiger partial charge in [0.05, 0.1) is 10.6 Å². The number of likely N-dealkylation sites (tertiary alicyclic amines) is 1. The second-order valence-electron chi connectivity index (χ2n) is 5.25. The summed E-state index contributed by atoms with van der Waals surface area (Å²) >= 11 is 12.0. The molecule has 2 rings (SSSR count). The quantitative estimate of drug-likeness (QED) is 0.893. The van der Waals surface area contributed by atoms with E-state index >= 15 is 0 Å². The fourth-order valence-electron chi connectivity index (χ4n) is 2.61. The minimum absolute atomic E-state index is 0. The van der Waals surface area contributed by atoms with Crippen molar-refractivity contribution < 1.29 is 4.79 Å². The highest BCUT2D eigenvalue weighted by molar-refractivity contribution is 6.36. The molecule has 0 radical (unpaired) electrons. The highest BCUT2D eigenvalue weighted by Gasteiger charge is 2.24. The maximum atomic E-state index is 12.4. The van der Waals surface area contributed by atoms with Crippen LogP contribution in [0.2, 0.25) is 10.0 Å². The van der Waals surface area contributed by atoms with Crippen LogP contribution in [0.1, 0.15) is 29.6 Å². The molecule has 1 amide bonds. The van der Waals surface area contributed by atoms with Crippen molar-refractivity contribution in [2.24, 2.45) is 5.92 Å². The number of hydrogen-bond donors (Lipinski definition) is 1. The molecule has 0 unspecified atom stereocenters. The lowest BCUT2D eigenvalue weighted by atomic mass is 9.93. The summed E-state index contributed by atoms with van der Waals surface area (Å²) in [5.74, 6) is 0.728. The van der Waals surface area contributed by atoms with Gasteiger partial charge in [-0.25, -0.2) is 0 Å². The number of benzene rings is 1. The molecule has 1 heterocycles. The summed E-state index contributed by atoms with van der Waals surface area (Å²) in [6, 6.07) is 5.04. The van der Waals surface area contributed by atoms with Gasteiger partial charge in [-0.15, -0.1) is 12.4 Å². The second-order valence-corrected chi connectivity index (χ2v) is 6.10. The number of carbonyl (C=O) groups is 1. The normalized spacial score (nSPS) is 15.7. The molecule has 0 aromatic heterocycles. The van der Waals surface area contributed by atoms with Gasteiger partial charge in [0.15, 0.2) is 0 Å².